The number of aliphatic imine (C=N–C) groups is 1. The summed E-state index contributed by atoms with van der Waals surface area (Å²) in [4.78, 5) is 5.18. The zero-order chi connectivity index (χ0) is 17.5. The van der Waals surface area contributed by atoms with Gasteiger partial charge in [0.25, 0.3) is 0 Å². The molecule has 25 heavy (non-hydrogen) atoms. The Morgan fingerprint density at radius 3 is 1.64 bits per heavy atom. The van der Waals surface area contributed by atoms with Crippen molar-refractivity contribution in [2.75, 3.05) is 0 Å². The van der Waals surface area contributed by atoms with Crippen LogP contribution in [0.3, 0.4) is 0 Å². The smallest absolute Gasteiger partial charge is 0.0793 e. The van der Waals surface area contributed by atoms with Gasteiger partial charge in [0.1, 0.15) is 0 Å². The average Bonchev–Trinajstić information content (AvgIpc) is 2.67. The van der Waals surface area contributed by atoms with Crippen LogP contribution in [0, 0.1) is 0 Å². The quantitative estimate of drug-likeness (QED) is 0.376. The lowest BCUT2D eigenvalue weighted by Crippen LogP contribution is -2.07. The summed E-state index contributed by atoms with van der Waals surface area (Å²) in [6, 6.07) is 31.3. The SMILES string of the molecule is C=C(C)CC(N=C(c1ccccc1)c1ccccc1)c1ccccc1. The Morgan fingerprint density at radius 2 is 1.20 bits per heavy atom. The highest BCUT2D eigenvalue weighted by Gasteiger charge is 2.14. The van der Waals surface area contributed by atoms with Crippen molar-refractivity contribution in [2.24, 2.45) is 4.99 Å². The number of hydrogen-bond acceptors (Lipinski definition) is 1. The van der Waals surface area contributed by atoms with Crippen LogP contribution in [0.15, 0.2) is 108 Å². The maximum absolute atomic E-state index is 5.18. The fourth-order valence-electron chi connectivity index (χ4n) is 2.91. The van der Waals surface area contributed by atoms with Gasteiger partial charge in [-0.25, -0.2) is 0 Å². The van der Waals surface area contributed by atoms with Crippen LogP contribution in [0.25, 0.3) is 0 Å². The van der Waals surface area contributed by atoms with E-state index in [2.05, 4.69) is 86.3 Å². The summed E-state index contributed by atoms with van der Waals surface area (Å²) in [7, 11) is 0. The molecular weight excluding hydrogens is 302 g/mol. The van der Waals surface area contributed by atoms with Gasteiger partial charge in [-0.05, 0) is 18.9 Å². The molecule has 1 nitrogen and oxygen atoms in total. The number of nitrogens with zero attached hydrogens (tertiary/aromatic N) is 1. The molecule has 0 spiro atoms. The van der Waals surface area contributed by atoms with Gasteiger partial charge in [-0.2, -0.15) is 0 Å². The number of hydrogen-bond donors (Lipinski definition) is 0. The van der Waals surface area contributed by atoms with Crippen LogP contribution in [0.5, 0.6) is 0 Å². The van der Waals surface area contributed by atoms with Crippen molar-refractivity contribution in [3.05, 3.63) is 120 Å². The van der Waals surface area contributed by atoms with E-state index in [1.807, 2.05) is 18.2 Å². The van der Waals surface area contributed by atoms with Gasteiger partial charge in [0.2, 0.25) is 0 Å². The molecule has 0 saturated carbocycles. The van der Waals surface area contributed by atoms with E-state index in [9.17, 15) is 0 Å². The molecule has 3 aromatic carbocycles. The Kier molecular flexibility index (Phi) is 5.58. The van der Waals surface area contributed by atoms with Gasteiger partial charge in [0, 0.05) is 11.1 Å². The average molecular weight is 325 g/mol. The van der Waals surface area contributed by atoms with Crippen LogP contribution in [-0.2, 0) is 0 Å². The van der Waals surface area contributed by atoms with Crippen LogP contribution in [-0.4, -0.2) is 5.71 Å². The molecule has 0 saturated heterocycles. The van der Waals surface area contributed by atoms with Crippen LogP contribution in [0.1, 0.15) is 36.1 Å². The lowest BCUT2D eigenvalue weighted by atomic mass is 9.98. The molecule has 0 aliphatic carbocycles. The Balaban J connectivity index is 2.10. The highest BCUT2D eigenvalue weighted by molar-refractivity contribution is 6.13. The molecular formula is C24H23N. The van der Waals surface area contributed by atoms with Crippen molar-refractivity contribution in [3.63, 3.8) is 0 Å². The van der Waals surface area contributed by atoms with E-state index < -0.39 is 0 Å². The molecule has 0 N–H and O–H groups in total. The molecule has 0 heterocycles. The monoisotopic (exact) mass is 325 g/mol. The number of benzene rings is 3. The Morgan fingerprint density at radius 1 is 0.760 bits per heavy atom. The third-order valence-corrected chi connectivity index (χ3v) is 4.11. The molecule has 0 aliphatic rings. The summed E-state index contributed by atoms with van der Waals surface area (Å²) < 4.78 is 0. The molecule has 0 aromatic heterocycles. The normalized spacial score (nSPS) is 11.6. The molecule has 1 heteroatoms. The molecule has 3 rings (SSSR count). The maximum Gasteiger partial charge on any atom is 0.0793 e. The van der Waals surface area contributed by atoms with E-state index in [0.29, 0.717) is 0 Å². The van der Waals surface area contributed by atoms with Gasteiger partial charge in [0.05, 0.1) is 11.8 Å². The summed E-state index contributed by atoms with van der Waals surface area (Å²) >= 11 is 0. The van der Waals surface area contributed by atoms with Crippen molar-refractivity contribution in [1.29, 1.82) is 0 Å². The minimum atomic E-state index is 0.0640. The summed E-state index contributed by atoms with van der Waals surface area (Å²) in [5, 5.41) is 0. The second kappa shape index (κ2) is 8.25. The molecule has 0 radical (unpaired) electrons. The third kappa shape index (κ3) is 4.54. The lowest BCUT2D eigenvalue weighted by molar-refractivity contribution is 0.720. The second-order valence-corrected chi connectivity index (χ2v) is 6.30. The van der Waals surface area contributed by atoms with Crippen LogP contribution < -0.4 is 0 Å². The van der Waals surface area contributed by atoms with E-state index in [4.69, 9.17) is 4.99 Å². The predicted molar refractivity (Wildman–Crippen MR) is 107 cm³/mol. The van der Waals surface area contributed by atoms with E-state index in [1.54, 1.807) is 0 Å². The minimum Gasteiger partial charge on any atom is -0.276 e. The largest absolute Gasteiger partial charge is 0.276 e. The van der Waals surface area contributed by atoms with Crippen molar-refractivity contribution >= 4 is 5.71 Å². The molecule has 0 amide bonds. The van der Waals surface area contributed by atoms with Crippen LogP contribution >= 0.6 is 0 Å². The van der Waals surface area contributed by atoms with Gasteiger partial charge in [-0.1, -0.05) is 96.6 Å². The van der Waals surface area contributed by atoms with Gasteiger partial charge in [0.15, 0.2) is 0 Å². The Bertz CT molecular complexity index is 792. The zero-order valence-corrected chi connectivity index (χ0v) is 14.6. The topological polar surface area (TPSA) is 12.4 Å². The van der Waals surface area contributed by atoms with Crippen molar-refractivity contribution in [1.82, 2.24) is 0 Å². The highest BCUT2D eigenvalue weighted by atomic mass is 14.8. The Labute approximate surface area is 150 Å². The van der Waals surface area contributed by atoms with E-state index in [1.165, 1.54) is 5.56 Å². The zero-order valence-electron chi connectivity index (χ0n) is 14.6. The van der Waals surface area contributed by atoms with Crippen LogP contribution in [0.4, 0.5) is 0 Å². The lowest BCUT2D eigenvalue weighted by Gasteiger charge is -2.17. The fraction of sp³-hybridized carbons (Fsp3) is 0.125. The fourth-order valence-corrected chi connectivity index (χ4v) is 2.91. The van der Waals surface area contributed by atoms with Gasteiger partial charge >= 0.3 is 0 Å². The molecule has 0 fully saturated rings. The van der Waals surface area contributed by atoms with E-state index >= 15 is 0 Å². The highest BCUT2D eigenvalue weighted by Crippen LogP contribution is 2.26. The summed E-state index contributed by atoms with van der Waals surface area (Å²) in [5.74, 6) is 0. The molecule has 0 bridgehead atoms. The van der Waals surface area contributed by atoms with E-state index in [-0.39, 0.29) is 6.04 Å². The number of rotatable bonds is 6. The molecule has 0 aliphatic heterocycles. The molecule has 124 valence electrons. The first-order valence-electron chi connectivity index (χ1n) is 8.62. The summed E-state index contributed by atoms with van der Waals surface area (Å²) in [5.41, 5.74) is 5.65. The second-order valence-electron chi connectivity index (χ2n) is 6.30. The molecule has 1 atom stereocenters. The van der Waals surface area contributed by atoms with Crippen molar-refractivity contribution in [2.45, 2.75) is 19.4 Å². The van der Waals surface area contributed by atoms with E-state index in [0.717, 1.165) is 28.8 Å². The first-order chi connectivity index (χ1) is 12.2. The predicted octanol–water partition coefficient (Wildman–Crippen LogP) is 6.23. The van der Waals surface area contributed by atoms with Gasteiger partial charge in [-0.3, -0.25) is 4.99 Å². The first kappa shape index (κ1) is 16.9. The van der Waals surface area contributed by atoms with Gasteiger partial charge < -0.3 is 0 Å². The maximum atomic E-state index is 5.18. The third-order valence-electron chi connectivity index (χ3n) is 4.11. The van der Waals surface area contributed by atoms with Gasteiger partial charge in [-0.15, -0.1) is 6.58 Å². The van der Waals surface area contributed by atoms with Crippen molar-refractivity contribution in [3.8, 4) is 0 Å². The molecule has 3 aromatic rings. The summed E-state index contributed by atoms with van der Waals surface area (Å²) in [6.07, 6.45) is 0.840. The summed E-state index contributed by atoms with van der Waals surface area (Å²) in [6.45, 7) is 6.17. The first-order valence-corrected chi connectivity index (χ1v) is 8.62. The Hall–Kier alpha value is -2.93. The minimum absolute atomic E-state index is 0.0640. The van der Waals surface area contributed by atoms with Crippen LogP contribution in [0.2, 0.25) is 0 Å². The molecule has 1 unspecified atom stereocenters. The standard InChI is InChI=1S/C24H23N/c1-19(2)18-23(20-12-6-3-7-13-20)25-24(21-14-8-4-9-15-21)22-16-10-5-11-17-22/h3-17,23H,1,18H2,2H3. The van der Waals surface area contributed by atoms with Crippen molar-refractivity contribution < 1.29 is 0 Å².